The molecule has 0 bridgehead atoms. The summed E-state index contributed by atoms with van der Waals surface area (Å²) >= 11 is 7.48. The van der Waals surface area contributed by atoms with Gasteiger partial charge < -0.3 is 4.74 Å². The molecule has 0 aliphatic heterocycles. The smallest absolute Gasteiger partial charge is 0.244 e. The van der Waals surface area contributed by atoms with E-state index in [1.807, 2.05) is 23.6 Å². The van der Waals surface area contributed by atoms with Crippen molar-refractivity contribution in [3.8, 4) is 16.3 Å². The van der Waals surface area contributed by atoms with Crippen molar-refractivity contribution in [2.24, 2.45) is 0 Å². The van der Waals surface area contributed by atoms with Crippen LogP contribution < -0.4 is 9.46 Å². The molecule has 0 saturated heterocycles. The topological polar surface area (TPSA) is 68.3 Å². The molecule has 1 aromatic carbocycles. The molecule has 3 rings (SSSR count). The third-order valence-corrected chi connectivity index (χ3v) is 6.05. The van der Waals surface area contributed by atoms with Crippen LogP contribution in [0.25, 0.3) is 10.6 Å². The lowest BCUT2D eigenvalue weighted by atomic mass is 10.2. The summed E-state index contributed by atoms with van der Waals surface area (Å²) in [4.78, 5) is 5.36. The van der Waals surface area contributed by atoms with Crippen LogP contribution in [-0.2, 0) is 16.6 Å². The molecular weight excluding hydrogens is 380 g/mol. The summed E-state index contributed by atoms with van der Waals surface area (Å²) in [5.74, 6) is 0.238. The van der Waals surface area contributed by atoms with Gasteiger partial charge in [-0.05, 0) is 41.3 Å². The van der Waals surface area contributed by atoms with Crippen LogP contribution in [0.15, 0.2) is 58.9 Å². The van der Waals surface area contributed by atoms with Crippen molar-refractivity contribution in [1.82, 2.24) is 9.71 Å². The van der Waals surface area contributed by atoms with Crippen molar-refractivity contribution in [2.45, 2.75) is 11.4 Å². The maximum Gasteiger partial charge on any atom is 0.244 e. The van der Waals surface area contributed by atoms with E-state index in [-0.39, 0.29) is 17.2 Å². The van der Waals surface area contributed by atoms with Gasteiger partial charge in [0, 0.05) is 17.8 Å². The third kappa shape index (κ3) is 4.01. The third-order valence-electron chi connectivity index (χ3n) is 3.51. The van der Waals surface area contributed by atoms with Gasteiger partial charge in [0.15, 0.2) is 0 Å². The number of thiophene rings is 1. The van der Waals surface area contributed by atoms with Gasteiger partial charge in [0.05, 0.1) is 17.7 Å². The molecule has 2 aromatic heterocycles. The fourth-order valence-corrected chi connectivity index (χ4v) is 4.52. The summed E-state index contributed by atoms with van der Waals surface area (Å²) in [5.41, 5.74) is 1.55. The lowest BCUT2D eigenvalue weighted by Gasteiger charge is -2.12. The van der Waals surface area contributed by atoms with Gasteiger partial charge in [0.2, 0.25) is 10.0 Å². The molecule has 0 amide bonds. The molecule has 8 heteroatoms. The van der Waals surface area contributed by atoms with Crippen LogP contribution in [-0.4, -0.2) is 20.5 Å². The largest absolute Gasteiger partial charge is 0.495 e. The number of nitrogens with one attached hydrogen (secondary N) is 1. The van der Waals surface area contributed by atoms with Crippen LogP contribution in [0.1, 0.15) is 5.56 Å². The number of nitrogens with zero attached hydrogens (tertiary/aromatic N) is 1. The second-order valence-electron chi connectivity index (χ2n) is 5.11. The highest BCUT2D eigenvalue weighted by Gasteiger charge is 2.20. The number of aromatic nitrogens is 1. The first kappa shape index (κ1) is 17.9. The molecule has 25 heavy (non-hydrogen) atoms. The highest BCUT2D eigenvalue weighted by atomic mass is 35.5. The predicted octanol–water partition coefficient (Wildman–Crippen LogP) is 3.95. The quantitative estimate of drug-likeness (QED) is 0.687. The number of benzene rings is 1. The first-order valence-electron chi connectivity index (χ1n) is 7.32. The van der Waals surface area contributed by atoms with Gasteiger partial charge >= 0.3 is 0 Å². The van der Waals surface area contributed by atoms with E-state index in [9.17, 15) is 8.42 Å². The van der Waals surface area contributed by atoms with Crippen molar-refractivity contribution in [1.29, 1.82) is 0 Å². The molecule has 0 aliphatic carbocycles. The van der Waals surface area contributed by atoms with Crippen LogP contribution in [0.4, 0.5) is 0 Å². The van der Waals surface area contributed by atoms with Crippen molar-refractivity contribution in [2.75, 3.05) is 7.11 Å². The molecule has 130 valence electrons. The average molecular weight is 395 g/mol. The van der Waals surface area contributed by atoms with E-state index in [4.69, 9.17) is 16.3 Å². The standard InChI is InChI=1S/C17H15ClN2O3S2/c1-23-14-7-6-13(18)10-16(14)25(21,22)20-11-12-4-2-8-19-17(12)15-5-3-9-24-15/h2-10,20H,11H2,1H3. The normalized spacial score (nSPS) is 11.4. The molecule has 0 atom stereocenters. The van der Waals surface area contributed by atoms with Gasteiger partial charge in [-0.2, -0.15) is 0 Å². The second-order valence-corrected chi connectivity index (χ2v) is 8.23. The summed E-state index contributed by atoms with van der Waals surface area (Å²) in [6, 6.07) is 12.0. The molecule has 0 spiro atoms. The summed E-state index contributed by atoms with van der Waals surface area (Å²) in [6.45, 7) is 0.110. The van der Waals surface area contributed by atoms with Gasteiger partial charge in [-0.1, -0.05) is 23.7 Å². The summed E-state index contributed by atoms with van der Waals surface area (Å²) < 4.78 is 33.1. The molecular formula is C17H15ClN2O3S2. The zero-order valence-corrected chi connectivity index (χ0v) is 15.7. The maximum atomic E-state index is 12.7. The Labute approximate surface area is 155 Å². The van der Waals surface area contributed by atoms with E-state index in [2.05, 4.69) is 9.71 Å². The monoisotopic (exact) mass is 394 g/mol. The van der Waals surface area contributed by atoms with E-state index in [0.717, 1.165) is 16.1 Å². The van der Waals surface area contributed by atoms with Gasteiger partial charge in [-0.25, -0.2) is 13.1 Å². The summed E-state index contributed by atoms with van der Waals surface area (Å²) in [6.07, 6.45) is 1.69. The van der Waals surface area contributed by atoms with Crippen LogP contribution >= 0.6 is 22.9 Å². The number of halogens is 1. The second kappa shape index (κ2) is 7.53. The number of methoxy groups -OCH3 is 1. The Bertz CT molecular complexity index is 973. The first-order chi connectivity index (χ1) is 12.0. The average Bonchev–Trinajstić information content (AvgIpc) is 3.15. The Morgan fingerprint density at radius 1 is 1.24 bits per heavy atom. The first-order valence-corrected chi connectivity index (χ1v) is 10.1. The number of pyridine rings is 1. The van der Waals surface area contributed by atoms with Crippen molar-refractivity contribution >= 4 is 33.0 Å². The molecule has 2 heterocycles. The molecule has 3 aromatic rings. The zero-order valence-electron chi connectivity index (χ0n) is 13.3. The highest BCUT2D eigenvalue weighted by Crippen LogP contribution is 2.28. The van der Waals surface area contributed by atoms with Gasteiger partial charge in [-0.15, -0.1) is 11.3 Å². The fraction of sp³-hybridized carbons (Fsp3) is 0.118. The van der Waals surface area contributed by atoms with Crippen LogP contribution in [0, 0.1) is 0 Å². The van der Waals surface area contributed by atoms with E-state index in [1.165, 1.54) is 19.2 Å². The van der Waals surface area contributed by atoms with E-state index < -0.39 is 10.0 Å². The van der Waals surface area contributed by atoms with Crippen molar-refractivity contribution < 1.29 is 13.2 Å². The zero-order chi connectivity index (χ0) is 17.9. The van der Waals surface area contributed by atoms with E-state index >= 15 is 0 Å². The van der Waals surface area contributed by atoms with E-state index in [1.54, 1.807) is 29.7 Å². The molecule has 0 radical (unpaired) electrons. The van der Waals surface area contributed by atoms with Crippen LogP contribution in [0.2, 0.25) is 5.02 Å². The Morgan fingerprint density at radius 3 is 2.80 bits per heavy atom. The van der Waals surface area contributed by atoms with Crippen molar-refractivity contribution in [3.05, 3.63) is 64.6 Å². The number of ether oxygens (including phenoxy) is 1. The predicted molar refractivity (Wildman–Crippen MR) is 99.6 cm³/mol. The minimum Gasteiger partial charge on any atom is -0.495 e. The van der Waals surface area contributed by atoms with Gasteiger partial charge in [0.1, 0.15) is 10.6 Å². The molecule has 1 N–H and O–H groups in total. The maximum absolute atomic E-state index is 12.7. The molecule has 0 fully saturated rings. The van der Waals surface area contributed by atoms with Gasteiger partial charge in [-0.3, -0.25) is 4.98 Å². The van der Waals surface area contributed by atoms with Crippen LogP contribution in [0.5, 0.6) is 5.75 Å². The summed E-state index contributed by atoms with van der Waals surface area (Å²) in [5, 5.41) is 2.27. The molecule has 5 nitrogen and oxygen atoms in total. The number of sulfonamides is 1. The lowest BCUT2D eigenvalue weighted by Crippen LogP contribution is -2.24. The Kier molecular flexibility index (Phi) is 5.39. The van der Waals surface area contributed by atoms with E-state index in [0.29, 0.717) is 5.02 Å². The number of rotatable bonds is 6. The number of hydrogen-bond donors (Lipinski definition) is 1. The lowest BCUT2D eigenvalue weighted by molar-refractivity contribution is 0.402. The Morgan fingerprint density at radius 2 is 2.08 bits per heavy atom. The van der Waals surface area contributed by atoms with Crippen LogP contribution in [0.3, 0.4) is 0 Å². The molecule has 0 aliphatic rings. The fourth-order valence-electron chi connectivity index (χ4n) is 2.33. The van der Waals surface area contributed by atoms with Gasteiger partial charge in [0.25, 0.3) is 0 Å². The minimum atomic E-state index is -3.79. The molecule has 0 unspecified atom stereocenters. The Balaban J connectivity index is 1.88. The minimum absolute atomic E-state index is 0.00376. The highest BCUT2D eigenvalue weighted by molar-refractivity contribution is 7.89. The summed E-state index contributed by atoms with van der Waals surface area (Å²) in [7, 11) is -2.38. The van der Waals surface area contributed by atoms with Crippen molar-refractivity contribution in [3.63, 3.8) is 0 Å². The number of hydrogen-bond acceptors (Lipinski definition) is 5. The Hall–Kier alpha value is -1.93. The SMILES string of the molecule is COc1ccc(Cl)cc1S(=O)(=O)NCc1cccnc1-c1cccs1. The molecule has 0 saturated carbocycles.